The molecule has 1 fully saturated rings. The van der Waals surface area contributed by atoms with Crippen molar-refractivity contribution in [1.82, 2.24) is 0 Å². The van der Waals surface area contributed by atoms with Crippen LogP contribution in [0.3, 0.4) is 0 Å². The number of furan rings is 1. The lowest BCUT2D eigenvalue weighted by Gasteiger charge is -2.23. The van der Waals surface area contributed by atoms with Crippen molar-refractivity contribution in [2.45, 2.75) is 19.4 Å². The van der Waals surface area contributed by atoms with Crippen molar-refractivity contribution in [3.63, 3.8) is 0 Å². The van der Waals surface area contributed by atoms with Gasteiger partial charge in [0.05, 0.1) is 18.4 Å². The van der Waals surface area contributed by atoms with Crippen LogP contribution in [-0.4, -0.2) is 29.3 Å². The maximum atomic E-state index is 13.1. The summed E-state index contributed by atoms with van der Waals surface area (Å²) in [5.74, 6) is -1.01. The number of ether oxygens (including phenoxy) is 1. The molecule has 1 unspecified atom stereocenters. The number of anilines is 2. The Balaban J connectivity index is 1.61. The lowest BCUT2D eigenvalue weighted by atomic mass is 9.98. The van der Waals surface area contributed by atoms with Crippen molar-refractivity contribution in [3.8, 4) is 5.75 Å². The minimum Gasteiger partial charge on any atom is -0.507 e. The molecule has 1 aromatic heterocycles. The second-order valence-electron chi connectivity index (χ2n) is 7.83. The van der Waals surface area contributed by atoms with Gasteiger partial charge >= 0.3 is 0 Å². The van der Waals surface area contributed by atoms with E-state index in [1.54, 1.807) is 54.6 Å². The standard InChI is InChI=1S/C25H20N2O6/c1-14(28)26-17-5-7-18(8-6-17)27-22(20-3-2-11-32-20)21(24(30)25(27)31)23(29)16-4-9-19-15(13-16)10-12-33-19/h2-9,11,13,22,29H,10,12H2,1H3,(H,26,28)/b23-21-. The average Bonchev–Trinajstić information content (AvgIpc) is 3.54. The van der Waals surface area contributed by atoms with Crippen LogP contribution in [0.4, 0.5) is 11.4 Å². The Bertz CT molecular complexity index is 1290. The van der Waals surface area contributed by atoms with E-state index >= 15 is 0 Å². The zero-order chi connectivity index (χ0) is 23.1. The van der Waals surface area contributed by atoms with Crippen molar-refractivity contribution in [2.75, 3.05) is 16.8 Å². The van der Waals surface area contributed by atoms with E-state index < -0.39 is 17.7 Å². The Morgan fingerprint density at radius 3 is 2.61 bits per heavy atom. The summed E-state index contributed by atoms with van der Waals surface area (Å²) in [7, 11) is 0. The molecule has 2 aliphatic rings. The van der Waals surface area contributed by atoms with E-state index in [-0.39, 0.29) is 17.2 Å². The van der Waals surface area contributed by atoms with E-state index in [1.807, 2.05) is 0 Å². The second kappa shape index (κ2) is 7.98. The first-order valence-electron chi connectivity index (χ1n) is 10.4. The van der Waals surface area contributed by atoms with E-state index in [0.717, 1.165) is 11.3 Å². The third-order valence-electron chi connectivity index (χ3n) is 5.69. The number of aliphatic hydroxyl groups excluding tert-OH is 1. The molecule has 0 spiro atoms. The maximum Gasteiger partial charge on any atom is 0.300 e. The molecule has 2 amide bonds. The number of hydrogen-bond acceptors (Lipinski definition) is 6. The van der Waals surface area contributed by atoms with Crippen LogP contribution in [0, 0.1) is 0 Å². The van der Waals surface area contributed by atoms with Crippen molar-refractivity contribution >= 4 is 34.7 Å². The summed E-state index contributed by atoms with van der Waals surface area (Å²) >= 11 is 0. The molecule has 0 bridgehead atoms. The number of nitrogens with one attached hydrogen (secondary N) is 1. The Kier molecular flexibility index (Phi) is 4.97. The topological polar surface area (TPSA) is 109 Å². The molecular formula is C25H20N2O6. The van der Waals surface area contributed by atoms with Crippen LogP contribution in [0.15, 0.2) is 70.9 Å². The molecular weight excluding hydrogens is 424 g/mol. The number of aliphatic hydroxyl groups is 1. The number of Topliss-reactive ketones (excluding diaryl/α,β-unsaturated/α-hetero) is 1. The van der Waals surface area contributed by atoms with Crippen molar-refractivity contribution in [2.24, 2.45) is 0 Å². The smallest absolute Gasteiger partial charge is 0.300 e. The van der Waals surface area contributed by atoms with Gasteiger partial charge in [-0.1, -0.05) is 0 Å². The molecule has 1 saturated heterocycles. The minimum atomic E-state index is -0.948. The molecule has 3 aromatic rings. The molecule has 5 rings (SSSR count). The first-order valence-corrected chi connectivity index (χ1v) is 10.4. The van der Waals surface area contributed by atoms with Gasteiger partial charge in [0.15, 0.2) is 0 Å². The van der Waals surface area contributed by atoms with Crippen LogP contribution in [-0.2, 0) is 20.8 Å². The first kappa shape index (κ1) is 20.6. The first-order chi connectivity index (χ1) is 15.9. The summed E-state index contributed by atoms with van der Waals surface area (Å²) in [4.78, 5) is 38.8. The molecule has 0 aliphatic carbocycles. The van der Waals surface area contributed by atoms with Gasteiger partial charge in [-0.2, -0.15) is 0 Å². The Labute approximate surface area is 189 Å². The predicted molar refractivity (Wildman–Crippen MR) is 120 cm³/mol. The van der Waals surface area contributed by atoms with Crippen LogP contribution < -0.4 is 15.0 Å². The van der Waals surface area contributed by atoms with Crippen LogP contribution in [0.5, 0.6) is 5.75 Å². The van der Waals surface area contributed by atoms with Crippen LogP contribution in [0.1, 0.15) is 29.9 Å². The molecule has 0 saturated carbocycles. The van der Waals surface area contributed by atoms with E-state index in [4.69, 9.17) is 9.15 Å². The normalized spacial score (nSPS) is 18.8. The van der Waals surface area contributed by atoms with Gasteiger partial charge in [0.2, 0.25) is 5.91 Å². The lowest BCUT2D eigenvalue weighted by molar-refractivity contribution is -0.132. The van der Waals surface area contributed by atoms with Gasteiger partial charge in [0, 0.05) is 30.3 Å². The zero-order valence-electron chi connectivity index (χ0n) is 17.7. The highest BCUT2D eigenvalue weighted by Crippen LogP contribution is 2.43. The quantitative estimate of drug-likeness (QED) is 0.360. The van der Waals surface area contributed by atoms with E-state index in [1.165, 1.54) is 18.1 Å². The number of nitrogens with zero attached hydrogens (tertiary/aromatic N) is 1. The number of carbonyl (C=O) groups excluding carboxylic acids is 3. The van der Waals surface area contributed by atoms with Crippen molar-refractivity contribution < 1.29 is 28.6 Å². The summed E-state index contributed by atoms with van der Waals surface area (Å²) in [5, 5.41) is 13.8. The summed E-state index contributed by atoms with van der Waals surface area (Å²) in [5.41, 5.74) is 2.28. The van der Waals surface area contributed by atoms with Crippen LogP contribution >= 0.6 is 0 Å². The third-order valence-corrected chi connectivity index (χ3v) is 5.69. The fourth-order valence-electron chi connectivity index (χ4n) is 4.21. The summed E-state index contributed by atoms with van der Waals surface area (Å²) in [6.07, 6.45) is 2.15. The molecule has 8 heteroatoms. The zero-order valence-corrected chi connectivity index (χ0v) is 17.7. The minimum absolute atomic E-state index is 0.0558. The number of rotatable bonds is 4. The Morgan fingerprint density at radius 2 is 1.91 bits per heavy atom. The second-order valence-corrected chi connectivity index (χ2v) is 7.83. The number of hydrogen-bond donors (Lipinski definition) is 2. The summed E-state index contributed by atoms with van der Waals surface area (Å²) < 4.78 is 11.1. The number of ketones is 1. The largest absolute Gasteiger partial charge is 0.507 e. The molecule has 0 radical (unpaired) electrons. The number of benzene rings is 2. The maximum absolute atomic E-state index is 13.1. The van der Waals surface area contributed by atoms with Gasteiger partial charge in [0.25, 0.3) is 11.7 Å². The highest BCUT2D eigenvalue weighted by atomic mass is 16.5. The molecule has 2 aromatic carbocycles. The molecule has 3 heterocycles. The van der Waals surface area contributed by atoms with Crippen LogP contribution in [0.2, 0.25) is 0 Å². The van der Waals surface area contributed by atoms with Gasteiger partial charge in [-0.25, -0.2) is 0 Å². The highest BCUT2D eigenvalue weighted by Gasteiger charge is 2.48. The van der Waals surface area contributed by atoms with E-state index in [0.29, 0.717) is 35.7 Å². The molecule has 8 nitrogen and oxygen atoms in total. The molecule has 2 aliphatic heterocycles. The van der Waals surface area contributed by atoms with E-state index in [9.17, 15) is 19.5 Å². The Morgan fingerprint density at radius 1 is 1.12 bits per heavy atom. The predicted octanol–water partition coefficient (Wildman–Crippen LogP) is 3.80. The summed E-state index contributed by atoms with van der Waals surface area (Å²) in [6.45, 7) is 1.96. The average molecular weight is 444 g/mol. The number of carbonyl (C=O) groups is 3. The SMILES string of the molecule is CC(=O)Nc1ccc(N2C(=O)C(=O)/C(=C(\O)c3ccc4c(c3)CCO4)C2c2ccco2)cc1. The Hall–Kier alpha value is -4.33. The van der Waals surface area contributed by atoms with Gasteiger partial charge in [-0.15, -0.1) is 0 Å². The molecule has 1 atom stereocenters. The highest BCUT2D eigenvalue weighted by molar-refractivity contribution is 6.51. The molecule has 166 valence electrons. The van der Waals surface area contributed by atoms with Crippen LogP contribution in [0.25, 0.3) is 5.76 Å². The van der Waals surface area contributed by atoms with Crippen molar-refractivity contribution in [1.29, 1.82) is 0 Å². The fraction of sp³-hybridized carbons (Fsp3) is 0.160. The summed E-state index contributed by atoms with van der Waals surface area (Å²) in [6, 6.07) is 14.1. The van der Waals surface area contributed by atoms with Gasteiger partial charge in [0.1, 0.15) is 23.3 Å². The molecule has 33 heavy (non-hydrogen) atoms. The third kappa shape index (κ3) is 3.55. The monoisotopic (exact) mass is 444 g/mol. The van der Waals surface area contributed by atoms with Gasteiger partial charge in [-0.05, 0) is 60.2 Å². The van der Waals surface area contributed by atoms with Gasteiger partial charge < -0.3 is 19.6 Å². The lowest BCUT2D eigenvalue weighted by Crippen LogP contribution is -2.29. The number of amides is 2. The fourth-order valence-corrected chi connectivity index (χ4v) is 4.21. The van der Waals surface area contributed by atoms with Crippen molar-refractivity contribution in [3.05, 3.63) is 83.3 Å². The number of fused-ring (bicyclic) bond motifs is 1. The van der Waals surface area contributed by atoms with Gasteiger partial charge in [-0.3, -0.25) is 19.3 Å². The molecule has 2 N–H and O–H groups in total. The van der Waals surface area contributed by atoms with E-state index in [2.05, 4.69) is 5.32 Å².